The molecule has 2 N–H and O–H groups in total. The maximum Gasteiger partial charge on any atom is 0.294 e. The van der Waals surface area contributed by atoms with E-state index < -0.39 is 15.7 Å². The Balaban J connectivity index is 1.91. The van der Waals surface area contributed by atoms with E-state index in [0.29, 0.717) is 19.3 Å². The number of nitrogens with zero attached hydrogens (tertiary/aromatic N) is 2. The van der Waals surface area contributed by atoms with Gasteiger partial charge in [0, 0.05) is 5.54 Å². The molecule has 4 fully saturated rings. The zero-order valence-electron chi connectivity index (χ0n) is 13.3. The lowest BCUT2D eigenvalue weighted by atomic mass is 9.37. The van der Waals surface area contributed by atoms with Crippen molar-refractivity contribution >= 4 is 0 Å². The summed E-state index contributed by atoms with van der Waals surface area (Å²) in [6, 6.07) is 0. The molecule has 23 heavy (non-hydrogen) atoms. The first kappa shape index (κ1) is 16.2. The molecule has 9 nitrogen and oxygen atoms in total. The van der Waals surface area contributed by atoms with Gasteiger partial charge in [-0.2, -0.15) is 0 Å². The lowest BCUT2D eigenvalue weighted by molar-refractivity contribution is -0.764. The molecule has 0 radical (unpaired) electrons. The van der Waals surface area contributed by atoms with E-state index in [9.17, 15) is 20.2 Å². The molecule has 0 aromatic rings. The number of hydrogen-bond acceptors (Lipinski definition) is 7. The molecule has 2 atom stereocenters. The lowest BCUT2D eigenvalue weighted by Crippen LogP contribution is -2.69. The highest BCUT2D eigenvalue weighted by atomic mass is 17.0. The maximum atomic E-state index is 10.7. The van der Waals surface area contributed by atoms with Gasteiger partial charge in [0.25, 0.3) is 10.2 Å². The molecule has 0 amide bonds. The fourth-order valence-corrected chi connectivity index (χ4v) is 6.44. The summed E-state index contributed by atoms with van der Waals surface area (Å²) < 4.78 is 0. The smallest absolute Gasteiger partial charge is 0.294 e. The van der Waals surface area contributed by atoms with Crippen molar-refractivity contribution < 1.29 is 19.8 Å². The minimum absolute atomic E-state index is 0.0148. The largest absolute Gasteiger partial charge is 0.325 e. The van der Waals surface area contributed by atoms with Crippen LogP contribution >= 0.6 is 0 Å². The van der Waals surface area contributed by atoms with Gasteiger partial charge in [-0.3, -0.25) is 0 Å². The van der Waals surface area contributed by atoms with Crippen molar-refractivity contribution in [2.45, 2.75) is 57.4 Å². The van der Waals surface area contributed by atoms with E-state index in [1.54, 1.807) is 0 Å². The fraction of sp³-hybridized carbons (Fsp3) is 1.00. The van der Waals surface area contributed by atoms with Gasteiger partial charge < -0.3 is 15.4 Å². The van der Waals surface area contributed by atoms with Crippen LogP contribution in [0.5, 0.6) is 0 Å². The van der Waals surface area contributed by atoms with Crippen LogP contribution in [0.1, 0.15) is 51.9 Å². The third kappa shape index (κ3) is 2.82. The Labute approximate surface area is 133 Å². The Morgan fingerprint density at radius 1 is 0.870 bits per heavy atom. The summed E-state index contributed by atoms with van der Waals surface area (Å²) in [6.45, 7) is 2.13. The zero-order chi connectivity index (χ0) is 16.9. The normalized spacial score (nSPS) is 44.1. The lowest BCUT2D eigenvalue weighted by Gasteiger charge is -2.69. The van der Waals surface area contributed by atoms with E-state index in [0.717, 1.165) is 25.7 Å². The third-order valence-corrected chi connectivity index (χ3v) is 6.13. The van der Waals surface area contributed by atoms with Crippen molar-refractivity contribution in [3.8, 4) is 0 Å². The first-order valence-corrected chi connectivity index (χ1v) is 7.97. The Morgan fingerprint density at radius 2 is 1.26 bits per heavy atom. The predicted molar refractivity (Wildman–Crippen MR) is 78.1 cm³/mol. The Kier molecular flexibility index (Phi) is 3.48. The van der Waals surface area contributed by atoms with Gasteiger partial charge >= 0.3 is 0 Å². The summed E-state index contributed by atoms with van der Waals surface area (Å²) in [5, 5.41) is 19.8. The predicted octanol–water partition coefficient (Wildman–Crippen LogP) is 1.85. The van der Waals surface area contributed by atoms with Crippen LogP contribution in [0.2, 0.25) is 0 Å². The second kappa shape index (κ2) is 4.93. The second-order valence-electron chi connectivity index (χ2n) is 8.27. The SMILES string of the molecule is CCC12CC3(N)CC(CO[N+](=O)[O-])(C1)CC(CO[N+](=O)[O-])(C3)C2. The number of rotatable bonds is 7. The molecule has 0 saturated heterocycles. The summed E-state index contributed by atoms with van der Waals surface area (Å²) in [7, 11) is 0. The maximum absolute atomic E-state index is 10.7. The van der Waals surface area contributed by atoms with Gasteiger partial charge in [-0.1, -0.05) is 13.3 Å². The number of nitrogens with two attached hydrogens (primary N) is 1. The van der Waals surface area contributed by atoms with Crippen LogP contribution in [0.3, 0.4) is 0 Å². The van der Waals surface area contributed by atoms with Gasteiger partial charge in [-0.25, -0.2) is 0 Å². The van der Waals surface area contributed by atoms with Crippen LogP contribution in [-0.4, -0.2) is 28.9 Å². The first-order valence-electron chi connectivity index (χ1n) is 7.97. The summed E-state index contributed by atoms with van der Waals surface area (Å²) in [4.78, 5) is 30.8. The third-order valence-electron chi connectivity index (χ3n) is 6.13. The molecule has 0 spiro atoms. The standard InChI is InChI=1S/C14H23N3O6/c1-2-11-3-12(9-22-16(18)19)5-13(4-11,10-23-17(20)21)8-14(15,6-11)7-12/h2-10,15H2,1H3. The van der Waals surface area contributed by atoms with E-state index >= 15 is 0 Å². The van der Waals surface area contributed by atoms with Crippen molar-refractivity contribution in [1.82, 2.24) is 0 Å². The molecule has 4 aliphatic carbocycles. The van der Waals surface area contributed by atoms with E-state index in [1.807, 2.05) is 0 Å². The summed E-state index contributed by atoms with van der Waals surface area (Å²) >= 11 is 0. The molecule has 4 bridgehead atoms. The van der Waals surface area contributed by atoms with Gasteiger partial charge in [0.05, 0.1) is 0 Å². The van der Waals surface area contributed by atoms with Crippen LogP contribution in [0.15, 0.2) is 0 Å². The first-order chi connectivity index (χ1) is 10.6. The molecule has 4 saturated carbocycles. The van der Waals surface area contributed by atoms with Crippen molar-refractivity contribution in [1.29, 1.82) is 0 Å². The Morgan fingerprint density at radius 3 is 1.65 bits per heavy atom. The molecule has 0 heterocycles. The van der Waals surface area contributed by atoms with Crippen LogP contribution in [0.25, 0.3) is 0 Å². The van der Waals surface area contributed by atoms with Gasteiger partial charge in [-0.05, 0) is 54.8 Å². The minimum atomic E-state index is -0.763. The average Bonchev–Trinajstić information content (AvgIpc) is 2.41. The van der Waals surface area contributed by atoms with Crippen LogP contribution in [-0.2, 0) is 9.68 Å². The molecule has 9 heteroatoms. The van der Waals surface area contributed by atoms with E-state index in [-0.39, 0.29) is 29.5 Å². The molecular weight excluding hydrogens is 306 g/mol. The Bertz CT molecular complexity index is 505. The van der Waals surface area contributed by atoms with Crippen molar-refractivity contribution in [2.24, 2.45) is 22.0 Å². The molecule has 0 aromatic carbocycles. The summed E-state index contributed by atoms with van der Waals surface area (Å²) in [6.07, 6.45) is 5.45. The average molecular weight is 329 g/mol. The van der Waals surface area contributed by atoms with Gasteiger partial charge in [-0.15, -0.1) is 20.2 Å². The molecule has 4 aliphatic rings. The highest BCUT2D eigenvalue weighted by Crippen LogP contribution is 2.71. The highest BCUT2D eigenvalue weighted by Gasteiger charge is 2.67. The minimum Gasteiger partial charge on any atom is -0.325 e. The van der Waals surface area contributed by atoms with Crippen LogP contribution in [0, 0.1) is 36.5 Å². The number of hydrogen-bond donors (Lipinski definition) is 1. The van der Waals surface area contributed by atoms with Crippen LogP contribution < -0.4 is 5.73 Å². The van der Waals surface area contributed by atoms with E-state index in [4.69, 9.17) is 15.4 Å². The quantitative estimate of drug-likeness (QED) is 0.557. The topological polar surface area (TPSA) is 131 Å². The van der Waals surface area contributed by atoms with Crippen molar-refractivity contribution in [3.63, 3.8) is 0 Å². The summed E-state index contributed by atoms with van der Waals surface area (Å²) in [5.41, 5.74) is 5.38. The van der Waals surface area contributed by atoms with Crippen LogP contribution in [0.4, 0.5) is 0 Å². The van der Waals surface area contributed by atoms with Crippen molar-refractivity contribution in [3.05, 3.63) is 20.2 Å². The van der Waals surface area contributed by atoms with Gasteiger partial charge in [0.2, 0.25) is 0 Å². The monoisotopic (exact) mass is 329 g/mol. The van der Waals surface area contributed by atoms with Gasteiger partial charge in [0.1, 0.15) is 13.2 Å². The molecule has 130 valence electrons. The molecule has 4 rings (SSSR count). The van der Waals surface area contributed by atoms with Crippen molar-refractivity contribution in [2.75, 3.05) is 13.2 Å². The van der Waals surface area contributed by atoms with E-state index in [2.05, 4.69) is 6.92 Å². The molecule has 0 aliphatic heterocycles. The molecule has 0 aromatic heterocycles. The fourth-order valence-electron chi connectivity index (χ4n) is 6.44. The Hall–Kier alpha value is -1.64. The molecule has 2 unspecified atom stereocenters. The highest BCUT2D eigenvalue weighted by molar-refractivity contribution is 5.19. The molecular formula is C14H23N3O6. The van der Waals surface area contributed by atoms with E-state index in [1.165, 1.54) is 0 Å². The second-order valence-corrected chi connectivity index (χ2v) is 8.27. The van der Waals surface area contributed by atoms with Gasteiger partial charge in [0.15, 0.2) is 0 Å². The summed E-state index contributed by atoms with van der Waals surface area (Å²) in [5.74, 6) is 0. The zero-order valence-corrected chi connectivity index (χ0v) is 13.3.